The van der Waals surface area contributed by atoms with Crippen LogP contribution in [0, 0.1) is 0 Å². The number of alkyl halides is 2. The Balaban J connectivity index is 1.77. The predicted octanol–water partition coefficient (Wildman–Crippen LogP) is 0.948. The molecule has 86 valence electrons. The Bertz CT molecular complexity index is 254. The summed E-state index contributed by atoms with van der Waals surface area (Å²) in [5.74, 6) is -2.39. The van der Waals surface area contributed by atoms with Crippen LogP contribution in [0.25, 0.3) is 0 Å². The van der Waals surface area contributed by atoms with Crippen LogP contribution in [-0.2, 0) is 4.79 Å². The van der Waals surface area contributed by atoms with Crippen molar-refractivity contribution in [2.45, 2.75) is 31.7 Å². The van der Waals surface area contributed by atoms with Gasteiger partial charge in [-0.1, -0.05) is 0 Å². The Kier molecular flexibility index (Phi) is 2.66. The van der Waals surface area contributed by atoms with Crippen LogP contribution in [0.15, 0.2) is 0 Å². The minimum absolute atomic E-state index is 0.0381. The molecule has 0 aliphatic carbocycles. The van der Waals surface area contributed by atoms with E-state index in [1.54, 1.807) is 11.8 Å². The van der Waals surface area contributed by atoms with Crippen molar-refractivity contribution in [3.8, 4) is 0 Å². The molecule has 2 saturated heterocycles. The van der Waals surface area contributed by atoms with E-state index in [0.29, 0.717) is 32.2 Å². The quantitative estimate of drug-likeness (QED) is 0.654. The first kappa shape index (κ1) is 10.8. The minimum atomic E-state index is -2.47. The summed E-state index contributed by atoms with van der Waals surface area (Å²) in [6, 6.07) is 0.310. The van der Waals surface area contributed by atoms with Gasteiger partial charge in [0.1, 0.15) is 0 Å². The highest BCUT2D eigenvalue weighted by atomic mass is 19.3. The van der Waals surface area contributed by atoms with Crippen molar-refractivity contribution in [1.29, 1.82) is 0 Å². The van der Waals surface area contributed by atoms with Crippen LogP contribution in [0.5, 0.6) is 0 Å². The summed E-state index contributed by atoms with van der Waals surface area (Å²) in [7, 11) is 0. The molecule has 2 aliphatic rings. The Morgan fingerprint density at radius 3 is 2.27 bits per heavy atom. The van der Waals surface area contributed by atoms with Crippen LogP contribution >= 0.6 is 0 Å². The number of likely N-dealkylation sites (tertiary alicyclic amines) is 2. The van der Waals surface area contributed by atoms with E-state index in [0.717, 1.165) is 0 Å². The average Bonchev–Trinajstić information content (AvgIpc) is 2.04. The molecule has 0 N–H and O–H groups in total. The molecule has 2 fully saturated rings. The zero-order chi connectivity index (χ0) is 11.1. The molecule has 2 heterocycles. The molecule has 2 aliphatic heterocycles. The number of nitrogens with zero attached hydrogens (tertiary/aromatic N) is 2. The second-order valence-electron chi connectivity index (χ2n) is 4.47. The summed E-state index contributed by atoms with van der Waals surface area (Å²) in [6.45, 7) is 3.88. The maximum absolute atomic E-state index is 12.9. The van der Waals surface area contributed by atoms with E-state index in [1.807, 2.05) is 0 Å². The van der Waals surface area contributed by atoms with Gasteiger partial charge >= 0.3 is 0 Å². The van der Waals surface area contributed by atoms with Gasteiger partial charge in [-0.05, 0) is 0 Å². The van der Waals surface area contributed by atoms with Gasteiger partial charge in [-0.3, -0.25) is 9.69 Å². The zero-order valence-corrected chi connectivity index (χ0v) is 8.88. The maximum atomic E-state index is 12.9. The molecule has 0 aromatic heterocycles. The Labute approximate surface area is 88.0 Å². The summed E-state index contributed by atoms with van der Waals surface area (Å²) in [4.78, 5) is 14.8. The van der Waals surface area contributed by atoms with Crippen LogP contribution in [0.2, 0.25) is 0 Å². The molecule has 0 saturated carbocycles. The summed E-state index contributed by atoms with van der Waals surface area (Å²) >= 11 is 0. The van der Waals surface area contributed by atoms with Crippen LogP contribution in [0.4, 0.5) is 8.78 Å². The fraction of sp³-hybridized carbons (Fsp3) is 0.900. The standard InChI is InChI=1S/C10H16F2N2O/c1-8(15)14-6-9(7-14)13-4-2-10(11,12)3-5-13/h9H,2-7H2,1H3. The van der Waals surface area contributed by atoms with Gasteiger partial charge in [-0.15, -0.1) is 0 Å². The number of rotatable bonds is 1. The number of carbonyl (C=O) groups excluding carboxylic acids is 1. The second kappa shape index (κ2) is 3.70. The topological polar surface area (TPSA) is 23.6 Å². The van der Waals surface area contributed by atoms with Crippen molar-refractivity contribution in [3.63, 3.8) is 0 Å². The molecule has 15 heavy (non-hydrogen) atoms. The highest BCUT2D eigenvalue weighted by Gasteiger charge is 2.40. The summed E-state index contributed by atoms with van der Waals surface area (Å²) in [5, 5.41) is 0. The van der Waals surface area contributed by atoms with Gasteiger partial charge in [-0.2, -0.15) is 0 Å². The number of carbonyl (C=O) groups is 1. The normalized spacial score (nSPS) is 27.5. The fourth-order valence-electron chi connectivity index (χ4n) is 2.16. The van der Waals surface area contributed by atoms with Gasteiger partial charge in [0.05, 0.1) is 0 Å². The molecule has 0 unspecified atom stereocenters. The Hall–Kier alpha value is -0.710. The summed E-state index contributed by atoms with van der Waals surface area (Å²) in [6.07, 6.45) is -0.0762. The molecule has 0 aromatic rings. The predicted molar refractivity (Wildman–Crippen MR) is 51.8 cm³/mol. The SMILES string of the molecule is CC(=O)N1CC(N2CCC(F)(F)CC2)C1. The lowest BCUT2D eigenvalue weighted by Gasteiger charge is -2.47. The van der Waals surface area contributed by atoms with Crippen molar-refractivity contribution < 1.29 is 13.6 Å². The highest BCUT2D eigenvalue weighted by molar-refractivity contribution is 5.74. The third-order valence-electron chi connectivity index (χ3n) is 3.35. The summed E-state index contributed by atoms with van der Waals surface area (Å²) in [5.41, 5.74) is 0. The third kappa shape index (κ3) is 2.27. The van der Waals surface area contributed by atoms with E-state index in [2.05, 4.69) is 4.90 Å². The number of amides is 1. The smallest absolute Gasteiger partial charge is 0.250 e. The molecule has 0 atom stereocenters. The molecule has 1 amide bonds. The molecular weight excluding hydrogens is 202 g/mol. The van der Waals surface area contributed by atoms with Crippen molar-refractivity contribution in [3.05, 3.63) is 0 Å². The number of piperidine rings is 1. The lowest BCUT2D eigenvalue weighted by Crippen LogP contribution is -2.62. The van der Waals surface area contributed by atoms with Gasteiger partial charge in [-0.25, -0.2) is 8.78 Å². The van der Waals surface area contributed by atoms with Crippen LogP contribution in [0.1, 0.15) is 19.8 Å². The van der Waals surface area contributed by atoms with Gasteiger partial charge in [0.15, 0.2) is 0 Å². The summed E-state index contributed by atoms with van der Waals surface area (Å²) < 4.78 is 25.8. The molecule has 0 spiro atoms. The zero-order valence-electron chi connectivity index (χ0n) is 8.88. The van der Waals surface area contributed by atoms with Crippen molar-refractivity contribution in [2.75, 3.05) is 26.2 Å². The largest absolute Gasteiger partial charge is 0.340 e. The van der Waals surface area contributed by atoms with Gasteiger partial charge in [0.25, 0.3) is 5.92 Å². The fourth-order valence-corrected chi connectivity index (χ4v) is 2.16. The molecule has 5 heteroatoms. The molecule has 3 nitrogen and oxygen atoms in total. The van der Waals surface area contributed by atoms with Crippen LogP contribution < -0.4 is 0 Å². The maximum Gasteiger partial charge on any atom is 0.250 e. The Morgan fingerprint density at radius 1 is 1.27 bits per heavy atom. The monoisotopic (exact) mass is 218 g/mol. The first-order valence-corrected chi connectivity index (χ1v) is 5.35. The van der Waals surface area contributed by atoms with Crippen LogP contribution in [-0.4, -0.2) is 53.9 Å². The third-order valence-corrected chi connectivity index (χ3v) is 3.35. The van der Waals surface area contributed by atoms with Gasteiger partial charge < -0.3 is 4.90 Å². The van der Waals surface area contributed by atoms with E-state index in [1.165, 1.54) is 0 Å². The number of hydrogen-bond donors (Lipinski definition) is 0. The van der Waals surface area contributed by atoms with Crippen molar-refractivity contribution in [2.24, 2.45) is 0 Å². The Morgan fingerprint density at radius 2 is 1.80 bits per heavy atom. The van der Waals surface area contributed by atoms with E-state index in [-0.39, 0.29) is 18.7 Å². The number of halogens is 2. The molecule has 0 radical (unpaired) electrons. The van der Waals surface area contributed by atoms with Gasteiger partial charge in [0, 0.05) is 52.0 Å². The van der Waals surface area contributed by atoms with Crippen molar-refractivity contribution >= 4 is 5.91 Å². The second-order valence-corrected chi connectivity index (χ2v) is 4.47. The van der Waals surface area contributed by atoms with E-state index in [4.69, 9.17) is 0 Å². The van der Waals surface area contributed by atoms with E-state index < -0.39 is 5.92 Å². The van der Waals surface area contributed by atoms with Gasteiger partial charge in [0.2, 0.25) is 5.91 Å². The first-order chi connectivity index (χ1) is 6.98. The van der Waals surface area contributed by atoms with E-state index >= 15 is 0 Å². The molecule has 2 rings (SSSR count). The lowest BCUT2D eigenvalue weighted by molar-refractivity contribution is -0.138. The molecule has 0 bridgehead atoms. The highest BCUT2D eigenvalue weighted by Crippen LogP contribution is 2.30. The van der Waals surface area contributed by atoms with E-state index in [9.17, 15) is 13.6 Å². The minimum Gasteiger partial charge on any atom is -0.340 e. The lowest BCUT2D eigenvalue weighted by atomic mass is 10.0. The first-order valence-electron chi connectivity index (χ1n) is 5.35. The average molecular weight is 218 g/mol. The van der Waals surface area contributed by atoms with Crippen molar-refractivity contribution in [1.82, 2.24) is 9.80 Å². The molecule has 0 aromatic carbocycles. The molecular formula is C10H16F2N2O. The van der Waals surface area contributed by atoms with Crippen LogP contribution in [0.3, 0.4) is 0 Å². The number of hydrogen-bond acceptors (Lipinski definition) is 2.